The van der Waals surface area contributed by atoms with E-state index in [1.807, 2.05) is 17.0 Å². The van der Waals surface area contributed by atoms with Crippen LogP contribution >= 0.6 is 0 Å². The Morgan fingerprint density at radius 2 is 1.93 bits per heavy atom. The third-order valence-electron chi connectivity index (χ3n) is 5.12. The largest absolute Gasteiger partial charge is 0.336 e. The summed E-state index contributed by atoms with van der Waals surface area (Å²) in [4.78, 5) is 45.3. The van der Waals surface area contributed by atoms with Crippen molar-refractivity contribution >= 4 is 16.8 Å². The van der Waals surface area contributed by atoms with Crippen molar-refractivity contribution in [1.29, 1.82) is 0 Å². The van der Waals surface area contributed by atoms with E-state index in [0.29, 0.717) is 17.4 Å². The average Bonchev–Trinajstić information content (AvgIpc) is 3.18. The smallest absolute Gasteiger partial charge is 0.328 e. The number of nitrogens with zero attached hydrogens (tertiary/aromatic N) is 3. The highest BCUT2D eigenvalue weighted by Gasteiger charge is 2.29. The minimum absolute atomic E-state index is 0.0106. The molecule has 1 aliphatic heterocycles. The van der Waals surface area contributed by atoms with Crippen molar-refractivity contribution in [2.24, 2.45) is 0 Å². The molecule has 2 aromatic heterocycles. The van der Waals surface area contributed by atoms with Gasteiger partial charge in [-0.25, -0.2) is 4.79 Å². The van der Waals surface area contributed by atoms with Gasteiger partial charge in [-0.1, -0.05) is 12.1 Å². The Hall–Kier alpha value is -3.22. The molecule has 0 radical (unpaired) electrons. The van der Waals surface area contributed by atoms with Crippen molar-refractivity contribution in [3.05, 3.63) is 75.2 Å². The summed E-state index contributed by atoms with van der Waals surface area (Å²) in [7, 11) is 0. The van der Waals surface area contributed by atoms with Crippen molar-refractivity contribution in [1.82, 2.24) is 19.4 Å². The number of rotatable bonds is 4. The number of aromatic nitrogens is 3. The second kappa shape index (κ2) is 7.19. The zero-order valence-electron chi connectivity index (χ0n) is 14.8. The van der Waals surface area contributed by atoms with E-state index in [0.717, 1.165) is 18.4 Å². The minimum Gasteiger partial charge on any atom is -0.336 e. The van der Waals surface area contributed by atoms with Gasteiger partial charge in [-0.15, -0.1) is 0 Å². The first kappa shape index (κ1) is 17.2. The number of likely N-dealkylation sites (tertiary alicyclic amines) is 1. The first-order chi connectivity index (χ1) is 13.1. The maximum atomic E-state index is 12.8. The van der Waals surface area contributed by atoms with Gasteiger partial charge in [-0.2, -0.15) is 0 Å². The molecule has 3 heterocycles. The lowest BCUT2D eigenvalue weighted by Gasteiger charge is -2.25. The van der Waals surface area contributed by atoms with Gasteiger partial charge in [-0.3, -0.25) is 24.1 Å². The van der Waals surface area contributed by atoms with Crippen molar-refractivity contribution in [2.45, 2.75) is 31.8 Å². The zero-order valence-corrected chi connectivity index (χ0v) is 14.8. The van der Waals surface area contributed by atoms with Crippen LogP contribution in [0.3, 0.4) is 0 Å². The van der Waals surface area contributed by atoms with Gasteiger partial charge in [0.2, 0.25) is 5.91 Å². The summed E-state index contributed by atoms with van der Waals surface area (Å²) in [5, 5.41) is 0.445. The van der Waals surface area contributed by atoms with Crippen LogP contribution in [-0.2, 0) is 11.3 Å². The van der Waals surface area contributed by atoms with Crippen LogP contribution in [0.15, 0.2) is 58.4 Å². The molecule has 4 rings (SSSR count). The van der Waals surface area contributed by atoms with Crippen molar-refractivity contribution in [3.63, 3.8) is 0 Å². The number of pyridine rings is 1. The Balaban J connectivity index is 1.56. The highest BCUT2D eigenvalue weighted by molar-refractivity contribution is 5.79. The molecule has 0 spiro atoms. The number of aryl methyl sites for hydroxylation is 1. The van der Waals surface area contributed by atoms with E-state index >= 15 is 0 Å². The molecule has 1 amide bonds. The van der Waals surface area contributed by atoms with Gasteiger partial charge in [0.05, 0.1) is 16.9 Å². The van der Waals surface area contributed by atoms with Gasteiger partial charge in [-0.05, 0) is 42.7 Å². The number of carbonyl (C=O) groups is 1. The van der Waals surface area contributed by atoms with Gasteiger partial charge >= 0.3 is 5.69 Å². The maximum Gasteiger partial charge on any atom is 0.328 e. The highest BCUT2D eigenvalue weighted by Crippen LogP contribution is 2.32. The molecule has 1 aromatic carbocycles. The predicted molar refractivity (Wildman–Crippen MR) is 101 cm³/mol. The van der Waals surface area contributed by atoms with Gasteiger partial charge in [0.15, 0.2) is 0 Å². The standard InChI is InChI=1S/C20H20N4O3/c25-18(23-12-3-6-16(23)14-7-10-21-11-8-14)9-13-24-17-5-2-1-4-15(17)19(26)22-20(24)27/h1-2,4-5,7-8,10-11,16H,3,6,9,12-13H2,(H,22,26,27). The molecule has 1 aliphatic rings. The van der Waals surface area contributed by atoms with E-state index < -0.39 is 11.2 Å². The Bertz CT molecular complexity index is 1090. The molecule has 27 heavy (non-hydrogen) atoms. The Kier molecular flexibility index (Phi) is 4.58. The quantitative estimate of drug-likeness (QED) is 0.765. The van der Waals surface area contributed by atoms with Crippen molar-refractivity contribution in [2.75, 3.05) is 6.54 Å². The number of fused-ring (bicyclic) bond motifs is 1. The number of para-hydroxylation sites is 1. The highest BCUT2D eigenvalue weighted by atomic mass is 16.2. The number of aromatic amines is 1. The molecule has 7 heteroatoms. The van der Waals surface area contributed by atoms with Crippen LogP contribution in [0.4, 0.5) is 0 Å². The van der Waals surface area contributed by atoms with Gasteiger partial charge in [0.25, 0.3) is 5.56 Å². The van der Waals surface area contributed by atoms with E-state index in [9.17, 15) is 14.4 Å². The van der Waals surface area contributed by atoms with Crippen LogP contribution < -0.4 is 11.2 Å². The molecule has 1 N–H and O–H groups in total. The molecule has 7 nitrogen and oxygen atoms in total. The fourth-order valence-corrected chi connectivity index (χ4v) is 3.81. The van der Waals surface area contributed by atoms with Gasteiger partial charge in [0.1, 0.15) is 0 Å². The van der Waals surface area contributed by atoms with Crippen LogP contribution in [0.2, 0.25) is 0 Å². The predicted octanol–water partition coefficient (Wildman–Crippen LogP) is 1.84. The Morgan fingerprint density at radius 3 is 2.74 bits per heavy atom. The molecule has 138 valence electrons. The second-order valence-corrected chi connectivity index (χ2v) is 6.70. The van der Waals surface area contributed by atoms with Crippen molar-refractivity contribution in [3.8, 4) is 0 Å². The monoisotopic (exact) mass is 364 g/mol. The molecule has 0 saturated carbocycles. The lowest BCUT2D eigenvalue weighted by molar-refractivity contribution is -0.132. The summed E-state index contributed by atoms with van der Waals surface area (Å²) in [6, 6.07) is 10.9. The van der Waals surface area contributed by atoms with E-state index in [-0.39, 0.29) is 24.9 Å². The zero-order chi connectivity index (χ0) is 18.8. The minimum atomic E-state index is -0.487. The summed E-state index contributed by atoms with van der Waals surface area (Å²) in [6.07, 6.45) is 5.57. The first-order valence-corrected chi connectivity index (χ1v) is 9.06. The second-order valence-electron chi connectivity index (χ2n) is 6.70. The van der Waals surface area contributed by atoms with Crippen LogP contribution in [0.25, 0.3) is 10.9 Å². The molecule has 1 unspecified atom stereocenters. The lowest BCUT2D eigenvalue weighted by Crippen LogP contribution is -2.34. The summed E-state index contributed by atoms with van der Waals surface area (Å²) in [5.41, 5.74) is 0.739. The Labute approximate surface area is 155 Å². The normalized spacial score (nSPS) is 16.7. The number of hydrogen-bond donors (Lipinski definition) is 1. The van der Waals surface area contributed by atoms with E-state index in [1.54, 1.807) is 36.7 Å². The number of amides is 1. The molecule has 0 aliphatic carbocycles. The number of H-pyrrole nitrogens is 1. The van der Waals surface area contributed by atoms with Gasteiger partial charge in [0, 0.05) is 31.9 Å². The molecule has 1 atom stereocenters. The van der Waals surface area contributed by atoms with Crippen LogP contribution in [-0.4, -0.2) is 31.9 Å². The van der Waals surface area contributed by atoms with Crippen molar-refractivity contribution < 1.29 is 4.79 Å². The molecule has 1 saturated heterocycles. The van der Waals surface area contributed by atoms with E-state index in [1.165, 1.54) is 4.57 Å². The molecular formula is C20H20N4O3. The summed E-state index contributed by atoms with van der Waals surface area (Å²) in [6.45, 7) is 0.946. The topological polar surface area (TPSA) is 88.1 Å². The van der Waals surface area contributed by atoms with E-state index in [4.69, 9.17) is 0 Å². The first-order valence-electron chi connectivity index (χ1n) is 9.06. The summed E-state index contributed by atoms with van der Waals surface area (Å²) in [5.74, 6) is 0.0106. The van der Waals surface area contributed by atoms with Gasteiger partial charge < -0.3 is 4.90 Å². The van der Waals surface area contributed by atoms with Crippen LogP contribution in [0.5, 0.6) is 0 Å². The maximum absolute atomic E-state index is 12.8. The van der Waals surface area contributed by atoms with Crippen LogP contribution in [0.1, 0.15) is 30.9 Å². The number of hydrogen-bond acceptors (Lipinski definition) is 4. The average molecular weight is 364 g/mol. The van der Waals surface area contributed by atoms with Crippen LogP contribution in [0, 0.1) is 0 Å². The summed E-state index contributed by atoms with van der Waals surface area (Å²) < 4.78 is 1.46. The molecular weight excluding hydrogens is 344 g/mol. The number of benzene rings is 1. The third-order valence-corrected chi connectivity index (χ3v) is 5.12. The van der Waals surface area contributed by atoms with E-state index in [2.05, 4.69) is 9.97 Å². The Morgan fingerprint density at radius 1 is 1.15 bits per heavy atom. The molecule has 3 aromatic rings. The lowest BCUT2D eigenvalue weighted by atomic mass is 10.1. The number of nitrogens with one attached hydrogen (secondary N) is 1. The fourth-order valence-electron chi connectivity index (χ4n) is 3.81. The number of carbonyl (C=O) groups excluding carboxylic acids is 1. The SMILES string of the molecule is O=C(CCn1c(=O)[nH]c(=O)c2ccccc21)N1CCCC1c1ccncc1. The summed E-state index contributed by atoms with van der Waals surface area (Å²) >= 11 is 0. The fraction of sp³-hybridized carbons (Fsp3) is 0.300. The third kappa shape index (κ3) is 3.28. The molecule has 0 bridgehead atoms. The molecule has 1 fully saturated rings.